The van der Waals surface area contributed by atoms with E-state index in [1.54, 1.807) is 7.11 Å². The summed E-state index contributed by atoms with van der Waals surface area (Å²) in [4.78, 5) is 11.2. The molecule has 0 aliphatic rings. The van der Waals surface area contributed by atoms with Crippen LogP contribution in [0.25, 0.3) is 0 Å². The Morgan fingerprint density at radius 2 is 2.00 bits per heavy atom. The molecule has 0 saturated carbocycles. The zero-order valence-corrected chi connectivity index (χ0v) is 11.4. The average Bonchev–Trinajstić information content (AvgIpc) is 2.31. The third kappa shape index (κ3) is 3.13. The van der Waals surface area contributed by atoms with E-state index in [1.807, 2.05) is 20.8 Å². The van der Waals surface area contributed by atoms with E-state index in [1.165, 1.54) is 5.56 Å². The fourth-order valence-electron chi connectivity index (χ4n) is 1.83. The molecule has 17 heavy (non-hydrogen) atoms. The van der Waals surface area contributed by atoms with Crippen LogP contribution < -0.4 is 10.1 Å². The molecular formula is C13H18ClNO2. The monoisotopic (exact) mass is 255 g/mol. The van der Waals surface area contributed by atoms with Gasteiger partial charge in [0.05, 0.1) is 7.11 Å². The highest BCUT2D eigenvalue weighted by atomic mass is 35.5. The van der Waals surface area contributed by atoms with Gasteiger partial charge in [-0.15, -0.1) is 11.6 Å². The Kier molecular flexibility index (Phi) is 4.82. The van der Waals surface area contributed by atoms with E-state index in [0.717, 1.165) is 22.4 Å². The molecule has 0 bridgehead atoms. The Bertz CT molecular complexity index is 430. The summed E-state index contributed by atoms with van der Waals surface area (Å²) in [5, 5.41) is 2.76. The Hall–Kier alpha value is -1.22. The molecule has 0 radical (unpaired) electrons. The minimum absolute atomic E-state index is 0.0216. The standard InChI is InChI=1S/C13H18ClNO2/c1-8-5-9(2)11(7-15-12(16)6-14)13(17-4)10(8)3/h5H,6-7H2,1-4H3,(H,15,16). The van der Waals surface area contributed by atoms with Crippen molar-refractivity contribution in [1.29, 1.82) is 0 Å². The molecule has 1 amide bonds. The second kappa shape index (κ2) is 5.92. The van der Waals surface area contributed by atoms with Gasteiger partial charge in [0.2, 0.25) is 5.91 Å². The van der Waals surface area contributed by atoms with Crippen molar-refractivity contribution in [2.45, 2.75) is 27.3 Å². The molecule has 0 spiro atoms. The minimum Gasteiger partial charge on any atom is -0.496 e. The Labute approximate surface area is 107 Å². The molecule has 94 valence electrons. The summed E-state index contributed by atoms with van der Waals surface area (Å²) in [7, 11) is 1.65. The second-order valence-electron chi connectivity index (χ2n) is 4.06. The van der Waals surface area contributed by atoms with Crippen LogP contribution in [0.15, 0.2) is 6.07 Å². The zero-order chi connectivity index (χ0) is 13.0. The van der Waals surface area contributed by atoms with E-state index in [9.17, 15) is 4.79 Å². The van der Waals surface area contributed by atoms with Gasteiger partial charge in [-0.1, -0.05) is 6.07 Å². The van der Waals surface area contributed by atoms with Crippen LogP contribution in [0.5, 0.6) is 5.75 Å². The van der Waals surface area contributed by atoms with E-state index in [-0.39, 0.29) is 11.8 Å². The van der Waals surface area contributed by atoms with Crippen LogP contribution in [-0.4, -0.2) is 18.9 Å². The van der Waals surface area contributed by atoms with Crippen LogP contribution in [0.4, 0.5) is 0 Å². The lowest BCUT2D eigenvalue weighted by molar-refractivity contribution is -0.118. The van der Waals surface area contributed by atoms with Gasteiger partial charge in [0.15, 0.2) is 0 Å². The van der Waals surface area contributed by atoms with E-state index < -0.39 is 0 Å². The molecule has 0 unspecified atom stereocenters. The number of hydrogen-bond acceptors (Lipinski definition) is 2. The molecule has 3 nitrogen and oxygen atoms in total. The number of halogens is 1. The molecule has 4 heteroatoms. The number of rotatable bonds is 4. The van der Waals surface area contributed by atoms with Crippen molar-refractivity contribution in [2.75, 3.05) is 13.0 Å². The summed E-state index contributed by atoms with van der Waals surface area (Å²) in [6, 6.07) is 2.10. The first-order valence-electron chi connectivity index (χ1n) is 5.47. The first-order valence-corrected chi connectivity index (χ1v) is 6.01. The lowest BCUT2D eigenvalue weighted by Gasteiger charge is -2.16. The molecule has 0 aliphatic heterocycles. The van der Waals surface area contributed by atoms with Gasteiger partial charge in [0, 0.05) is 12.1 Å². The van der Waals surface area contributed by atoms with Gasteiger partial charge in [0.1, 0.15) is 11.6 Å². The Morgan fingerprint density at radius 1 is 1.35 bits per heavy atom. The van der Waals surface area contributed by atoms with Crippen molar-refractivity contribution >= 4 is 17.5 Å². The van der Waals surface area contributed by atoms with Gasteiger partial charge >= 0.3 is 0 Å². The SMILES string of the molecule is COc1c(C)c(C)cc(C)c1CNC(=O)CCl. The molecule has 0 saturated heterocycles. The first-order chi connectivity index (χ1) is 8.01. The van der Waals surface area contributed by atoms with Crippen molar-refractivity contribution in [2.24, 2.45) is 0 Å². The number of hydrogen-bond donors (Lipinski definition) is 1. The van der Waals surface area contributed by atoms with Crippen LogP contribution in [0.3, 0.4) is 0 Å². The first kappa shape index (κ1) is 13.8. The van der Waals surface area contributed by atoms with Crippen molar-refractivity contribution < 1.29 is 9.53 Å². The summed E-state index contributed by atoms with van der Waals surface area (Å²) in [5.41, 5.74) is 4.41. The fraction of sp³-hybridized carbons (Fsp3) is 0.462. The summed E-state index contributed by atoms with van der Waals surface area (Å²) >= 11 is 5.44. The molecule has 0 fully saturated rings. The van der Waals surface area contributed by atoms with E-state index >= 15 is 0 Å². The lowest BCUT2D eigenvalue weighted by Crippen LogP contribution is -2.24. The van der Waals surface area contributed by atoms with Gasteiger partial charge in [0.25, 0.3) is 0 Å². The van der Waals surface area contributed by atoms with Crippen LogP contribution >= 0.6 is 11.6 Å². The summed E-state index contributed by atoms with van der Waals surface area (Å²) in [5.74, 6) is 0.648. The normalized spacial score (nSPS) is 10.2. The highest BCUT2D eigenvalue weighted by Crippen LogP contribution is 2.29. The van der Waals surface area contributed by atoms with Crippen LogP contribution in [0.1, 0.15) is 22.3 Å². The number of alkyl halides is 1. The second-order valence-corrected chi connectivity index (χ2v) is 4.32. The molecular weight excluding hydrogens is 238 g/mol. The van der Waals surface area contributed by atoms with E-state index in [2.05, 4.69) is 11.4 Å². The summed E-state index contributed by atoms with van der Waals surface area (Å²) < 4.78 is 5.42. The molecule has 0 aliphatic carbocycles. The summed E-state index contributed by atoms with van der Waals surface area (Å²) in [6.45, 7) is 6.52. The number of benzene rings is 1. The number of carbonyl (C=O) groups is 1. The summed E-state index contributed by atoms with van der Waals surface area (Å²) in [6.07, 6.45) is 0. The highest BCUT2D eigenvalue weighted by Gasteiger charge is 2.12. The van der Waals surface area contributed by atoms with Gasteiger partial charge in [-0.25, -0.2) is 0 Å². The van der Waals surface area contributed by atoms with Gasteiger partial charge in [-0.05, 0) is 37.5 Å². The number of carbonyl (C=O) groups excluding carboxylic acids is 1. The van der Waals surface area contributed by atoms with Crippen LogP contribution in [0, 0.1) is 20.8 Å². The fourth-order valence-corrected chi connectivity index (χ4v) is 1.93. The highest BCUT2D eigenvalue weighted by molar-refractivity contribution is 6.27. The number of aryl methyl sites for hydroxylation is 2. The van der Waals surface area contributed by atoms with Gasteiger partial charge < -0.3 is 10.1 Å². The third-order valence-corrected chi connectivity index (χ3v) is 3.15. The molecule has 1 aromatic carbocycles. The topological polar surface area (TPSA) is 38.3 Å². The molecule has 0 heterocycles. The maximum absolute atomic E-state index is 11.2. The maximum atomic E-state index is 11.2. The Morgan fingerprint density at radius 3 is 2.53 bits per heavy atom. The van der Waals surface area contributed by atoms with Crippen molar-refractivity contribution in [3.8, 4) is 5.75 Å². The van der Waals surface area contributed by atoms with Crippen molar-refractivity contribution in [1.82, 2.24) is 5.32 Å². The van der Waals surface area contributed by atoms with E-state index in [4.69, 9.17) is 16.3 Å². The zero-order valence-electron chi connectivity index (χ0n) is 10.7. The van der Waals surface area contributed by atoms with Gasteiger partial charge in [-0.3, -0.25) is 4.79 Å². The third-order valence-electron chi connectivity index (χ3n) is 2.90. The molecule has 1 rings (SSSR count). The van der Waals surface area contributed by atoms with E-state index in [0.29, 0.717) is 6.54 Å². The average molecular weight is 256 g/mol. The predicted molar refractivity (Wildman–Crippen MR) is 69.8 cm³/mol. The minimum atomic E-state index is -0.175. The number of nitrogens with one attached hydrogen (secondary N) is 1. The van der Waals surface area contributed by atoms with Crippen molar-refractivity contribution in [3.05, 3.63) is 28.3 Å². The molecule has 0 atom stereocenters. The van der Waals surface area contributed by atoms with Crippen LogP contribution in [-0.2, 0) is 11.3 Å². The van der Waals surface area contributed by atoms with Crippen molar-refractivity contribution in [3.63, 3.8) is 0 Å². The largest absolute Gasteiger partial charge is 0.496 e. The maximum Gasteiger partial charge on any atom is 0.235 e. The molecule has 0 aromatic heterocycles. The quantitative estimate of drug-likeness (QED) is 0.840. The molecule has 1 aromatic rings. The molecule has 1 N–H and O–H groups in total. The number of ether oxygens (including phenoxy) is 1. The number of amides is 1. The Balaban J connectivity index is 3.05. The van der Waals surface area contributed by atoms with Crippen LogP contribution in [0.2, 0.25) is 0 Å². The van der Waals surface area contributed by atoms with Gasteiger partial charge in [-0.2, -0.15) is 0 Å². The number of methoxy groups -OCH3 is 1. The lowest BCUT2D eigenvalue weighted by atomic mass is 9.99. The predicted octanol–water partition coefficient (Wildman–Crippen LogP) is 2.48. The smallest absolute Gasteiger partial charge is 0.235 e.